The Hall–Kier alpha value is -2.24. The lowest BCUT2D eigenvalue weighted by molar-refractivity contribution is -0.132. The number of hydrogen-bond acceptors (Lipinski definition) is 7. The number of hydrogen-bond donors (Lipinski definition) is 3. The Morgan fingerprint density at radius 1 is 1.24 bits per heavy atom. The maximum Gasteiger partial charge on any atom is 0.237 e. The third-order valence-corrected chi connectivity index (χ3v) is 7.48. The number of carbonyl (C=O) groups is 1. The van der Waals surface area contributed by atoms with Crippen LogP contribution in [0.4, 0.5) is 5.82 Å². The highest BCUT2D eigenvalue weighted by Crippen LogP contribution is 2.58. The lowest BCUT2D eigenvalue weighted by Gasteiger charge is -2.62. The number of rotatable bonds is 5. The van der Waals surface area contributed by atoms with Crippen molar-refractivity contribution < 1.29 is 4.79 Å². The standard InChI is InChI=1S/C21H29N7O/c22-11-16-19(25-4-3-24-16)27-21-9-14-6-15(10-21)8-20(7-14,13-21)26-12-18(29)28-5-1-2-17(28)23/h3-4,14-15,17,26H,1-2,5-10,12-13,23H2,(H,25,27)/t14?,15?,17-,20?,21?/m0/s1. The fourth-order valence-corrected chi connectivity index (χ4v) is 6.84. The Balaban J connectivity index is 1.33. The Bertz CT molecular complexity index is 836. The van der Waals surface area contributed by atoms with Crippen molar-refractivity contribution in [2.24, 2.45) is 17.6 Å². The van der Waals surface area contributed by atoms with Crippen LogP contribution in [0, 0.1) is 23.2 Å². The first-order valence-corrected chi connectivity index (χ1v) is 10.8. The molecule has 4 N–H and O–H groups in total. The van der Waals surface area contributed by atoms with Gasteiger partial charge in [0, 0.05) is 30.0 Å². The van der Waals surface area contributed by atoms with E-state index < -0.39 is 0 Å². The van der Waals surface area contributed by atoms with E-state index >= 15 is 0 Å². The Morgan fingerprint density at radius 3 is 2.66 bits per heavy atom. The molecule has 8 heteroatoms. The van der Waals surface area contributed by atoms with E-state index in [1.807, 2.05) is 4.90 Å². The van der Waals surface area contributed by atoms with E-state index in [4.69, 9.17) is 5.73 Å². The van der Waals surface area contributed by atoms with Gasteiger partial charge in [0.15, 0.2) is 11.5 Å². The summed E-state index contributed by atoms with van der Waals surface area (Å²) in [5, 5.41) is 16.7. The molecule has 4 bridgehead atoms. The second-order valence-electron chi connectivity index (χ2n) is 9.66. The van der Waals surface area contributed by atoms with Crippen molar-refractivity contribution in [1.29, 1.82) is 5.26 Å². The summed E-state index contributed by atoms with van der Waals surface area (Å²) >= 11 is 0. The van der Waals surface area contributed by atoms with Gasteiger partial charge in [-0.3, -0.25) is 4.79 Å². The predicted molar refractivity (Wildman–Crippen MR) is 107 cm³/mol. The highest BCUT2D eigenvalue weighted by Gasteiger charge is 2.58. The summed E-state index contributed by atoms with van der Waals surface area (Å²) in [6, 6.07) is 2.15. The molecule has 6 rings (SSSR count). The van der Waals surface area contributed by atoms with Gasteiger partial charge < -0.3 is 21.3 Å². The van der Waals surface area contributed by atoms with Crippen molar-refractivity contribution in [3.05, 3.63) is 18.1 Å². The van der Waals surface area contributed by atoms with Gasteiger partial charge in [-0.25, -0.2) is 9.97 Å². The maximum atomic E-state index is 12.7. The summed E-state index contributed by atoms with van der Waals surface area (Å²) in [5.74, 6) is 1.99. The van der Waals surface area contributed by atoms with Crippen LogP contribution in [0.1, 0.15) is 57.1 Å². The molecular formula is C21H29N7O. The van der Waals surface area contributed by atoms with Crippen LogP contribution in [0.25, 0.3) is 0 Å². The molecule has 1 amide bonds. The molecule has 154 valence electrons. The van der Waals surface area contributed by atoms with Crippen LogP contribution in [0.2, 0.25) is 0 Å². The molecule has 5 aliphatic rings. The normalized spacial score (nSPS) is 37.5. The van der Waals surface area contributed by atoms with E-state index in [-0.39, 0.29) is 23.2 Å². The number of aromatic nitrogens is 2. The number of likely N-dealkylation sites (tertiary alicyclic amines) is 1. The number of nitrogens with two attached hydrogens (primary N) is 1. The van der Waals surface area contributed by atoms with Gasteiger partial charge in [-0.1, -0.05) is 0 Å². The monoisotopic (exact) mass is 395 g/mol. The SMILES string of the molecule is N#Cc1nccnc1NC12CC3CC(CC(NCC(=O)N4CCC[C@H]4N)(C3)C1)C2. The average Bonchev–Trinajstić information content (AvgIpc) is 3.11. The quantitative estimate of drug-likeness (QED) is 0.688. The van der Waals surface area contributed by atoms with Crippen LogP contribution in [0.3, 0.4) is 0 Å². The van der Waals surface area contributed by atoms with Crippen LogP contribution < -0.4 is 16.4 Å². The summed E-state index contributed by atoms with van der Waals surface area (Å²) in [4.78, 5) is 23.1. The largest absolute Gasteiger partial charge is 0.362 e. The lowest BCUT2D eigenvalue weighted by atomic mass is 9.50. The Morgan fingerprint density at radius 2 is 1.97 bits per heavy atom. The number of amides is 1. The molecule has 1 aromatic rings. The molecule has 0 radical (unpaired) electrons. The Kier molecular flexibility index (Phi) is 4.48. The van der Waals surface area contributed by atoms with Gasteiger partial charge in [-0.2, -0.15) is 5.26 Å². The molecule has 4 aliphatic carbocycles. The third kappa shape index (κ3) is 3.36. The zero-order valence-electron chi connectivity index (χ0n) is 16.7. The molecule has 5 fully saturated rings. The first-order valence-electron chi connectivity index (χ1n) is 10.8. The minimum Gasteiger partial charge on any atom is -0.362 e. The number of nitrogens with zero attached hydrogens (tertiary/aromatic N) is 4. The molecule has 4 saturated carbocycles. The molecule has 0 spiro atoms. The fraction of sp³-hybridized carbons (Fsp3) is 0.714. The Labute approximate surface area is 171 Å². The second-order valence-corrected chi connectivity index (χ2v) is 9.66. The summed E-state index contributed by atoms with van der Waals surface area (Å²) in [6.07, 6.45) is 11.6. The zero-order chi connectivity index (χ0) is 20.1. The van der Waals surface area contributed by atoms with E-state index in [9.17, 15) is 10.1 Å². The summed E-state index contributed by atoms with van der Waals surface area (Å²) < 4.78 is 0. The smallest absolute Gasteiger partial charge is 0.237 e. The van der Waals surface area contributed by atoms with Crippen molar-refractivity contribution in [3.63, 3.8) is 0 Å². The van der Waals surface area contributed by atoms with Crippen LogP contribution in [-0.4, -0.2) is 51.1 Å². The van der Waals surface area contributed by atoms with Gasteiger partial charge in [-0.05, 0) is 63.2 Å². The number of carbonyl (C=O) groups excluding carboxylic acids is 1. The zero-order valence-corrected chi connectivity index (χ0v) is 16.7. The highest BCUT2D eigenvalue weighted by molar-refractivity contribution is 5.79. The molecule has 2 unspecified atom stereocenters. The fourth-order valence-electron chi connectivity index (χ4n) is 6.84. The van der Waals surface area contributed by atoms with Gasteiger partial charge in [0.25, 0.3) is 0 Å². The topological polar surface area (TPSA) is 120 Å². The van der Waals surface area contributed by atoms with E-state index in [2.05, 4.69) is 26.7 Å². The van der Waals surface area contributed by atoms with E-state index in [1.165, 1.54) is 6.42 Å². The lowest BCUT2D eigenvalue weighted by Crippen LogP contribution is -2.67. The molecule has 29 heavy (non-hydrogen) atoms. The highest BCUT2D eigenvalue weighted by atomic mass is 16.2. The van der Waals surface area contributed by atoms with Crippen molar-refractivity contribution in [1.82, 2.24) is 20.2 Å². The van der Waals surface area contributed by atoms with Crippen LogP contribution in [0.5, 0.6) is 0 Å². The number of nitrogens with one attached hydrogen (secondary N) is 2. The van der Waals surface area contributed by atoms with E-state index in [0.717, 1.165) is 51.5 Å². The first-order chi connectivity index (χ1) is 14.0. The van der Waals surface area contributed by atoms with Gasteiger partial charge in [0.2, 0.25) is 5.91 Å². The maximum absolute atomic E-state index is 12.7. The summed E-state index contributed by atoms with van der Waals surface area (Å²) in [7, 11) is 0. The van der Waals surface area contributed by atoms with E-state index in [0.29, 0.717) is 29.9 Å². The molecule has 1 aliphatic heterocycles. The number of anilines is 1. The van der Waals surface area contributed by atoms with Gasteiger partial charge in [-0.15, -0.1) is 0 Å². The summed E-state index contributed by atoms with van der Waals surface area (Å²) in [6.45, 7) is 1.13. The molecule has 1 aromatic heterocycles. The molecular weight excluding hydrogens is 366 g/mol. The van der Waals surface area contributed by atoms with Crippen LogP contribution >= 0.6 is 0 Å². The van der Waals surface area contributed by atoms with Crippen LogP contribution in [0.15, 0.2) is 12.4 Å². The third-order valence-electron chi connectivity index (χ3n) is 7.48. The second kappa shape index (κ2) is 6.92. The van der Waals surface area contributed by atoms with Gasteiger partial charge in [0.1, 0.15) is 6.07 Å². The number of nitriles is 1. The van der Waals surface area contributed by atoms with Gasteiger partial charge in [0.05, 0.1) is 12.7 Å². The molecule has 3 atom stereocenters. The molecule has 8 nitrogen and oxygen atoms in total. The average molecular weight is 396 g/mol. The van der Waals surface area contributed by atoms with Crippen molar-refractivity contribution >= 4 is 11.7 Å². The van der Waals surface area contributed by atoms with Crippen LogP contribution in [-0.2, 0) is 4.79 Å². The van der Waals surface area contributed by atoms with Crippen molar-refractivity contribution in [2.45, 2.75) is 68.6 Å². The first kappa shape index (κ1) is 18.8. The van der Waals surface area contributed by atoms with E-state index in [1.54, 1.807) is 12.4 Å². The van der Waals surface area contributed by atoms with Crippen molar-refractivity contribution in [2.75, 3.05) is 18.4 Å². The van der Waals surface area contributed by atoms with Gasteiger partial charge >= 0.3 is 0 Å². The minimum atomic E-state index is -0.130. The molecule has 2 heterocycles. The minimum absolute atomic E-state index is 0.0222. The van der Waals surface area contributed by atoms with Crippen molar-refractivity contribution in [3.8, 4) is 6.07 Å². The molecule has 1 saturated heterocycles. The molecule has 0 aromatic carbocycles. The predicted octanol–water partition coefficient (Wildman–Crippen LogP) is 1.35. The summed E-state index contributed by atoms with van der Waals surface area (Å²) in [5.41, 5.74) is 6.33.